The van der Waals surface area contributed by atoms with E-state index in [0.29, 0.717) is 12.0 Å². The Bertz CT molecular complexity index is 167. The highest BCUT2D eigenvalue weighted by molar-refractivity contribution is 5.13. The number of rotatable bonds is 1. The summed E-state index contributed by atoms with van der Waals surface area (Å²) in [6.45, 7) is 1.30. The van der Waals surface area contributed by atoms with Gasteiger partial charge in [-0.1, -0.05) is 6.08 Å². The molecule has 1 nitrogen and oxygen atoms in total. The lowest BCUT2D eigenvalue weighted by Crippen LogP contribution is -2.32. The maximum atomic E-state index is 12.9. The van der Waals surface area contributed by atoms with Crippen LogP contribution < -0.4 is 0 Å². The van der Waals surface area contributed by atoms with E-state index in [4.69, 9.17) is 5.11 Å². The zero-order chi connectivity index (χ0) is 8.43. The third-order valence-corrected chi connectivity index (χ3v) is 2.14. The van der Waals surface area contributed by atoms with Gasteiger partial charge in [-0.15, -0.1) is 0 Å². The van der Waals surface area contributed by atoms with Crippen molar-refractivity contribution in [2.45, 2.75) is 25.7 Å². The van der Waals surface area contributed by atoms with Crippen LogP contribution in [0.4, 0.5) is 8.78 Å². The van der Waals surface area contributed by atoms with Gasteiger partial charge in [0.15, 0.2) is 6.17 Å². The largest absolute Gasteiger partial charge is 0.396 e. The molecule has 0 aromatic heterocycles. The highest BCUT2D eigenvalue weighted by Crippen LogP contribution is 2.28. The van der Waals surface area contributed by atoms with Crippen LogP contribution in [0.15, 0.2) is 11.6 Å². The van der Waals surface area contributed by atoms with Crippen molar-refractivity contribution < 1.29 is 13.9 Å². The summed E-state index contributed by atoms with van der Waals surface area (Å²) in [4.78, 5) is 0. The molecule has 11 heavy (non-hydrogen) atoms. The van der Waals surface area contributed by atoms with Crippen LogP contribution in [0.5, 0.6) is 0 Å². The van der Waals surface area contributed by atoms with Gasteiger partial charge in [0, 0.05) is 12.5 Å². The minimum absolute atomic E-state index is 0.272. The van der Waals surface area contributed by atoms with Crippen LogP contribution in [-0.4, -0.2) is 24.1 Å². The maximum Gasteiger partial charge on any atom is 0.152 e. The van der Waals surface area contributed by atoms with E-state index in [1.807, 2.05) is 0 Å². The van der Waals surface area contributed by atoms with Crippen molar-refractivity contribution in [3.05, 3.63) is 11.6 Å². The second kappa shape index (κ2) is 3.30. The molecule has 0 heterocycles. The average Bonchev–Trinajstić information content (AvgIpc) is 2.01. The van der Waals surface area contributed by atoms with E-state index < -0.39 is 18.3 Å². The first kappa shape index (κ1) is 8.65. The van der Waals surface area contributed by atoms with Crippen molar-refractivity contribution in [1.82, 2.24) is 0 Å². The number of hydrogen-bond acceptors (Lipinski definition) is 1. The van der Waals surface area contributed by atoms with Crippen LogP contribution >= 0.6 is 0 Å². The van der Waals surface area contributed by atoms with Gasteiger partial charge < -0.3 is 5.11 Å². The van der Waals surface area contributed by atoms with Crippen molar-refractivity contribution in [1.29, 1.82) is 0 Å². The molecule has 64 valence electrons. The summed E-state index contributed by atoms with van der Waals surface area (Å²) in [6.07, 6.45) is -0.933. The predicted octanol–water partition coefficient (Wildman–Crippen LogP) is 1.62. The summed E-state index contributed by atoms with van der Waals surface area (Å²) in [5, 5.41) is 8.63. The van der Waals surface area contributed by atoms with Crippen LogP contribution in [0.2, 0.25) is 0 Å². The summed E-state index contributed by atoms with van der Waals surface area (Å²) in [6, 6.07) is 0. The topological polar surface area (TPSA) is 20.2 Å². The molecule has 0 aromatic carbocycles. The number of aliphatic hydroxyl groups excluding tert-OH is 1. The highest BCUT2D eigenvalue weighted by Gasteiger charge is 2.32. The Hall–Kier alpha value is -0.440. The Morgan fingerprint density at radius 1 is 1.64 bits per heavy atom. The highest BCUT2D eigenvalue weighted by atomic mass is 19.2. The number of alkyl halides is 2. The zero-order valence-corrected chi connectivity index (χ0v) is 6.43. The van der Waals surface area contributed by atoms with E-state index in [1.54, 1.807) is 13.0 Å². The molecule has 1 aliphatic carbocycles. The van der Waals surface area contributed by atoms with Crippen LogP contribution in [-0.2, 0) is 0 Å². The van der Waals surface area contributed by atoms with Gasteiger partial charge >= 0.3 is 0 Å². The standard InChI is InChI=1S/C8H12F2O/c1-5-2-3-6(4-11)8(10)7(5)9/h2,6-8,11H,3-4H2,1H3/t6?,7-,8?/m1/s1. The van der Waals surface area contributed by atoms with Crippen molar-refractivity contribution in [2.75, 3.05) is 6.61 Å². The number of allylic oxidation sites excluding steroid dienone is 2. The van der Waals surface area contributed by atoms with Gasteiger partial charge in [0.05, 0.1) is 0 Å². The molecule has 0 amide bonds. The lowest BCUT2D eigenvalue weighted by Gasteiger charge is -2.26. The molecule has 1 N–H and O–H groups in total. The van der Waals surface area contributed by atoms with E-state index in [9.17, 15) is 8.78 Å². The summed E-state index contributed by atoms with van der Waals surface area (Å²) >= 11 is 0. The van der Waals surface area contributed by atoms with Crippen molar-refractivity contribution in [3.8, 4) is 0 Å². The molecule has 0 saturated heterocycles. The van der Waals surface area contributed by atoms with Crippen LogP contribution in [0, 0.1) is 5.92 Å². The summed E-state index contributed by atoms with van der Waals surface area (Å²) in [7, 11) is 0. The number of halogens is 2. The summed E-state index contributed by atoms with van der Waals surface area (Å²) in [5.74, 6) is -0.548. The molecule has 0 aliphatic heterocycles. The Balaban J connectivity index is 2.68. The molecular weight excluding hydrogens is 150 g/mol. The zero-order valence-electron chi connectivity index (χ0n) is 6.43. The van der Waals surface area contributed by atoms with Crippen LogP contribution in [0.3, 0.4) is 0 Å². The van der Waals surface area contributed by atoms with Crippen molar-refractivity contribution in [3.63, 3.8) is 0 Å². The third-order valence-electron chi connectivity index (χ3n) is 2.14. The molecule has 3 atom stereocenters. The van der Waals surface area contributed by atoms with Gasteiger partial charge in [0.25, 0.3) is 0 Å². The fourth-order valence-corrected chi connectivity index (χ4v) is 1.25. The predicted molar refractivity (Wildman–Crippen MR) is 38.7 cm³/mol. The lowest BCUT2D eigenvalue weighted by atomic mass is 9.88. The van der Waals surface area contributed by atoms with Gasteiger partial charge in [0.2, 0.25) is 0 Å². The first-order chi connectivity index (χ1) is 5.16. The van der Waals surface area contributed by atoms with E-state index in [1.165, 1.54) is 0 Å². The van der Waals surface area contributed by atoms with Gasteiger partial charge in [-0.05, 0) is 18.9 Å². The molecule has 1 aliphatic rings. The molecule has 0 radical (unpaired) electrons. The van der Waals surface area contributed by atoms with Crippen LogP contribution in [0.1, 0.15) is 13.3 Å². The molecule has 3 heteroatoms. The average molecular weight is 162 g/mol. The molecule has 0 fully saturated rings. The van der Waals surface area contributed by atoms with Crippen molar-refractivity contribution in [2.24, 2.45) is 5.92 Å². The minimum Gasteiger partial charge on any atom is -0.396 e. The Kier molecular flexibility index (Phi) is 2.60. The molecule has 1 rings (SSSR count). The molecule has 2 unspecified atom stereocenters. The number of hydrogen-bond donors (Lipinski definition) is 1. The van der Waals surface area contributed by atoms with Crippen molar-refractivity contribution >= 4 is 0 Å². The minimum atomic E-state index is -1.52. The molecule has 0 bridgehead atoms. The van der Waals surface area contributed by atoms with Crippen LogP contribution in [0.25, 0.3) is 0 Å². The van der Waals surface area contributed by atoms with Gasteiger partial charge in [-0.2, -0.15) is 0 Å². The molecular formula is C8H12F2O. The second-order valence-corrected chi connectivity index (χ2v) is 2.97. The van der Waals surface area contributed by atoms with Gasteiger partial charge in [-0.25, -0.2) is 8.78 Å². The fraction of sp³-hybridized carbons (Fsp3) is 0.750. The Labute approximate surface area is 64.7 Å². The lowest BCUT2D eigenvalue weighted by molar-refractivity contribution is 0.0796. The summed E-state index contributed by atoms with van der Waals surface area (Å²) < 4.78 is 25.8. The smallest absolute Gasteiger partial charge is 0.152 e. The summed E-state index contributed by atoms with van der Waals surface area (Å²) in [5.41, 5.74) is 0.446. The quantitative estimate of drug-likeness (QED) is 0.581. The van der Waals surface area contributed by atoms with E-state index in [2.05, 4.69) is 0 Å². The normalized spacial score (nSPS) is 38.5. The molecule has 0 aromatic rings. The maximum absolute atomic E-state index is 12.9. The first-order valence-corrected chi connectivity index (χ1v) is 3.72. The molecule has 0 spiro atoms. The van der Waals surface area contributed by atoms with Gasteiger partial charge in [-0.3, -0.25) is 0 Å². The first-order valence-electron chi connectivity index (χ1n) is 3.72. The number of aliphatic hydroxyl groups is 1. The monoisotopic (exact) mass is 162 g/mol. The molecule has 0 saturated carbocycles. The van der Waals surface area contributed by atoms with Gasteiger partial charge in [0.1, 0.15) is 6.17 Å². The SMILES string of the molecule is CC1=CCC(CO)C(F)[C@@H]1F. The fourth-order valence-electron chi connectivity index (χ4n) is 1.25. The van der Waals surface area contributed by atoms with E-state index >= 15 is 0 Å². The van der Waals surface area contributed by atoms with E-state index in [0.717, 1.165) is 0 Å². The second-order valence-electron chi connectivity index (χ2n) is 2.97. The Morgan fingerprint density at radius 2 is 2.27 bits per heavy atom. The van der Waals surface area contributed by atoms with E-state index in [-0.39, 0.29) is 6.61 Å². The Morgan fingerprint density at radius 3 is 2.82 bits per heavy atom. The third kappa shape index (κ3) is 1.59.